The number of carbonyl (C=O) groups is 1. The lowest BCUT2D eigenvalue weighted by atomic mass is 10.1. The summed E-state index contributed by atoms with van der Waals surface area (Å²) in [6.07, 6.45) is 5.42. The zero-order valence-electron chi connectivity index (χ0n) is 16.6. The molecule has 28 heavy (non-hydrogen) atoms. The molecular weight excluding hydrogens is 360 g/mol. The van der Waals surface area contributed by atoms with Gasteiger partial charge >= 0.3 is 0 Å². The first-order valence-corrected chi connectivity index (χ1v) is 9.70. The minimum absolute atomic E-state index is 0.0735. The van der Waals surface area contributed by atoms with Crippen LogP contribution in [0.1, 0.15) is 24.9 Å². The molecule has 0 radical (unpaired) electrons. The Morgan fingerprint density at radius 3 is 2.68 bits per heavy atom. The molecule has 0 amide bonds. The molecule has 0 aliphatic carbocycles. The standard InChI is InChI=1S/C19H28N6O3/c1-3-16-17(24-8-6-23(2)7-9-24)19(27)25(10-11-26)22-18(21-14-20-16)15-4-12-28-13-5-15/h4,11,14H,3,5-10,12-13H2,1-2H3,(H,20,21,22). The molecule has 2 aliphatic rings. The fourth-order valence-corrected chi connectivity index (χ4v) is 3.38. The maximum Gasteiger partial charge on any atom is 0.290 e. The molecule has 9 nitrogen and oxygen atoms in total. The van der Waals surface area contributed by atoms with Crippen LogP contribution >= 0.6 is 0 Å². The van der Waals surface area contributed by atoms with Crippen LogP contribution in [-0.4, -0.2) is 77.4 Å². The second-order valence-corrected chi connectivity index (χ2v) is 6.91. The number of piperazine rings is 1. The molecule has 0 spiro atoms. The quantitative estimate of drug-likeness (QED) is 0.730. The highest BCUT2D eigenvalue weighted by molar-refractivity contribution is 5.60. The van der Waals surface area contributed by atoms with Gasteiger partial charge in [0.25, 0.3) is 5.56 Å². The first-order chi connectivity index (χ1) is 13.6. The van der Waals surface area contributed by atoms with Crippen LogP contribution in [0.3, 0.4) is 0 Å². The van der Waals surface area contributed by atoms with Crippen LogP contribution in [0.5, 0.6) is 0 Å². The van der Waals surface area contributed by atoms with Crippen LogP contribution in [0.2, 0.25) is 0 Å². The van der Waals surface area contributed by atoms with E-state index in [1.165, 1.54) is 11.0 Å². The van der Waals surface area contributed by atoms with Crippen molar-refractivity contribution in [2.75, 3.05) is 51.3 Å². The molecule has 0 bridgehead atoms. The molecular formula is C19H28N6O3. The molecule has 2 aliphatic heterocycles. The second kappa shape index (κ2) is 9.61. The summed E-state index contributed by atoms with van der Waals surface area (Å²) in [6, 6.07) is 0. The number of aromatic amines is 1. The summed E-state index contributed by atoms with van der Waals surface area (Å²) in [5, 5.41) is 3.06. The molecule has 0 atom stereocenters. The lowest BCUT2D eigenvalue weighted by molar-refractivity contribution is -0.108. The van der Waals surface area contributed by atoms with Crippen LogP contribution in [0.15, 0.2) is 17.2 Å². The van der Waals surface area contributed by atoms with Crippen LogP contribution in [0.4, 0.5) is 5.69 Å². The van der Waals surface area contributed by atoms with E-state index in [4.69, 9.17) is 4.74 Å². The van der Waals surface area contributed by atoms with Crippen molar-refractivity contribution in [1.29, 1.82) is 0 Å². The zero-order chi connectivity index (χ0) is 19.9. The molecule has 1 aromatic heterocycles. The van der Waals surface area contributed by atoms with E-state index in [0.717, 1.165) is 31.8 Å². The van der Waals surface area contributed by atoms with Crippen molar-refractivity contribution in [3.05, 3.63) is 34.3 Å². The number of hydrogen-bond acceptors (Lipinski definition) is 7. The van der Waals surface area contributed by atoms with Gasteiger partial charge in [-0.05, 0) is 25.5 Å². The Morgan fingerprint density at radius 2 is 2.04 bits per heavy atom. The predicted octanol–water partition coefficient (Wildman–Crippen LogP) is 0.408. The number of ether oxygens (including phenoxy) is 1. The van der Waals surface area contributed by atoms with Gasteiger partial charge < -0.3 is 19.3 Å². The molecule has 0 saturated carbocycles. The SMILES string of the molecule is CCc1ncnc(C2=CCOCC2)[nH]n(CC=O)c(=O)c1N1CCN(C)CC1. The van der Waals surface area contributed by atoms with Crippen molar-refractivity contribution in [3.63, 3.8) is 0 Å². The number of likely N-dealkylation sites (N-methyl/N-ethyl adjacent to an activating group) is 1. The number of nitrogens with zero attached hydrogens (tertiary/aromatic N) is 5. The Hall–Kier alpha value is -2.52. The zero-order valence-corrected chi connectivity index (χ0v) is 16.6. The number of aldehydes is 1. The highest BCUT2D eigenvalue weighted by atomic mass is 16.5. The third-order valence-corrected chi connectivity index (χ3v) is 5.04. The van der Waals surface area contributed by atoms with E-state index >= 15 is 0 Å². The molecule has 1 aromatic rings. The van der Waals surface area contributed by atoms with Crippen molar-refractivity contribution in [2.45, 2.75) is 26.3 Å². The Bertz CT molecular complexity index is 835. The van der Waals surface area contributed by atoms with Crippen LogP contribution < -0.4 is 10.5 Å². The molecule has 9 heteroatoms. The average Bonchev–Trinajstić information content (AvgIpc) is 2.78. The Morgan fingerprint density at radius 1 is 1.25 bits per heavy atom. The number of rotatable bonds is 5. The number of nitrogens with one attached hydrogen (secondary N) is 1. The minimum Gasteiger partial charge on any atom is -0.377 e. The van der Waals surface area contributed by atoms with Crippen molar-refractivity contribution in [1.82, 2.24) is 24.6 Å². The van der Waals surface area contributed by atoms with Gasteiger partial charge in [-0.2, -0.15) is 0 Å². The molecule has 3 heterocycles. The maximum absolute atomic E-state index is 13.4. The Labute approximate surface area is 164 Å². The average molecular weight is 388 g/mol. The summed E-state index contributed by atoms with van der Waals surface area (Å²) >= 11 is 0. The summed E-state index contributed by atoms with van der Waals surface area (Å²) in [5.74, 6) is 0.525. The van der Waals surface area contributed by atoms with Gasteiger partial charge in [-0.25, -0.2) is 14.6 Å². The van der Waals surface area contributed by atoms with Gasteiger partial charge in [-0.15, -0.1) is 0 Å². The summed E-state index contributed by atoms with van der Waals surface area (Å²) in [6.45, 7) is 6.20. The topological polar surface area (TPSA) is 96.3 Å². The van der Waals surface area contributed by atoms with Gasteiger partial charge in [0.1, 0.15) is 24.1 Å². The predicted molar refractivity (Wildman–Crippen MR) is 107 cm³/mol. The van der Waals surface area contributed by atoms with E-state index in [1.54, 1.807) is 0 Å². The normalized spacial score (nSPS) is 17.8. The lowest BCUT2D eigenvalue weighted by Gasteiger charge is -2.33. The summed E-state index contributed by atoms with van der Waals surface area (Å²) in [5.41, 5.74) is 1.91. The van der Waals surface area contributed by atoms with Crippen molar-refractivity contribution >= 4 is 17.5 Å². The molecule has 1 N–H and O–H groups in total. The lowest BCUT2D eigenvalue weighted by Crippen LogP contribution is -2.47. The summed E-state index contributed by atoms with van der Waals surface area (Å²) in [4.78, 5) is 38.0. The number of aryl methyl sites for hydroxylation is 1. The van der Waals surface area contributed by atoms with Crippen molar-refractivity contribution < 1.29 is 9.53 Å². The number of carbonyl (C=O) groups excluding carboxylic acids is 1. The fourth-order valence-electron chi connectivity index (χ4n) is 3.38. The van der Waals surface area contributed by atoms with Gasteiger partial charge in [0, 0.05) is 26.2 Å². The number of hydrogen-bond donors (Lipinski definition) is 1. The van der Waals surface area contributed by atoms with Crippen molar-refractivity contribution in [2.24, 2.45) is 0 Å². The molecule has 152 valence electrons. The van der Waals surface area contributed by atoms with Gasteiger partial charge in [0.2, 0.25) is 0 Å². The number of H-pyrrole nitrogens is 1. The number of anilines is 1. The van der Waals surface area contributed by atoms with E-state index in [2.05, 4.69) is 31.9 Å². The molecule has 0 aromatic carbocycles. The van der Waals surface area contributed by atoms with Crippen LogP contribution in [0, 0.1) is 0 Å². The van der Waals surface area contributed by atoms with E-state index in [1.807, 2.05) is 13.0 Å². The maximum atomic E-state index is 13.4. The van der Waals surface area contributed by atoms with Gasteiger partial charge in [-0.1, -0.05) is 13.0 Å². The third-order valence-electron chi connectivity index (χ3n) is 5.04. The van der Waals surface area contributed by atoms with Gasteiger partial charge in [-0.3, -0.25) is 9.89 Å². The second-order valence-electron chi connectivity index (χ2n) is 6.91. The Kier molecular flexibility index (Phi) is 6.94. The van der Waals surface area contributed by atoms with E-state index in [9.17, 15) is 9.59 Å². The van der Waals surface area contributed by atoms with Crippen molar-refractivity contribution in [3.8, 4) is 0 Å². The first-order valence-electron chi connectivity index (χ1n) is 9.70. The molecule has 3 rings (SSSR count). The third kappa shape index (κ3) is 4.66. The summed E-state index contributed by atoms with van der Waals surface area (Å²) in [7, 11) is 2.07. The molecule has 0 unspecified atom stereocenters. The van der Waals surface area contributed by atoms with E-state index in [-0.39, 0.29) is 12.1 Å². The van der Waals surface area contributed by atoms with E-state index in [0.29, 0.717) is 49.5 Å². The highest BCUT2D eigenvalue weighted by Crippen LogP contribution is 2.17. The Balaban J connectivity index is 2.19. The fraction of sp³-hybridized carbons (Fsp3) is 0.579. The largest absolute Gasteiger partial charge is 0.377 e. The van der Waals surface area contributed by atoms with Crippen LogP contribution in [-0.2, 0) is 22.5 Å². The smallest absolute Gasteiger partial charge is 0.290 e. The minimum atomic E-state index is -0.257. The van der Waals surface area contributed by atoms with E-state index < -0.39 is 0 Å². The molecule has 1 saturated heterocycles. The monoisotopic (exact) mass is 388 g/mol. The molecule has 1 fully saturated rings. The van der Waals surface area contributed by atoms with Gasteiger partial charge in [0.15, 0.2) is 0 Å². The van der Waals surface area contributed by atoms with Gasteiger partial charge in [0.05, 0.1) is 25.5 Å². The van der Waals surface area contributed by atoms with Crippen LogP contribution in [0.25, 0.3) is 5.57 Å². The summed E-state index contributed by atoms with van der Waals surface area (Å²) < 4.78 is 6.69. The number of aromatic nitrogens is 4. The highest BCUT2D eigenvalue weighted by Gasteiger charge is 2.21. The first kappa shape index (κ1) is 20.2.